The van der Waals surface area contributed by atoms with E-state index in [0.717, 1.165) is 24.8 Å². The molecule has 6 heteroatoms. The first-order valence-electron chi connectivity index (χ1n) is 8.30. The molecule has 0 aromatic heterocycles. The third-order valence-electron chi connectivity index (χ3n) is 3.57. The Morgan fingerprint density at radius 3 is 2.50 bits per heavy atom. The lowest BCUT2D eigenvalue weighted by atomic mass is 10.0. The van der Waals surface area contributed by atoms with E-state index in [4.69, 9.17) is 15.9 Å². The van der Waals surface area contributed by atoms with Crippen molar-refractivity contribution in [2.45, 2.75) is 52.0 Å². The van der Waals surface area contributed by atoms with E-state index in [2.05, 4.69) is 5.32 Å². The van der Waals surface area contributed by atoms with E-state index < -0.39 is 0 Å². The Balaban J connectivity index is 2.21. The van der Waals surface area contributed by atoms with Gasteiger partial charge >= 0.3 is 5.97 Å². The number of ether oxygens (including phenoxy) is 1. The van der Waals surface area contributed by atoms with Crippen molar-refractivity contribution in [3.63, 3.8) is 0 Å². The van der Waals surface area contributed by atoms with Gasteiger partial charge in [0, 0.05) is 18.0 Å². The molecule has 0 aliphatic carbocycles. The zero-order valence-electron chi connectivity index (χ0n) is 14.4. The molecule has 1 amide bonds. The van der Waals surface area contributed by atoms with Crippen molar-refractivity contribution < 1.29 is 14.3 Å². The Bertz CT molecular complexity index is 555. The minimum absolute atomic E-state index is 0.0428. The van der Waals surface area contributed by atoms with Crippen molar-refractivity contribution in [2.24, 2.45) is 5.73 Å². The number of benzene rings is 1. The second-order valence-electron chi connectivity index (χ2n) is 5.80. The van der Waals surface area contributed by atoms with Crippen LogP contribution in [0, 0.1) is 5.41 Å². The number of amides is 1. The predicted octanol–water partition coefficient (Wildman–Crippen LogP) is 2.14. The number of amidine groups is 1. The van der Waals surface area contributed by atoms with Gasteiger partial charge in [-0.25, -0.2) is 0 Å². The minimum atomic E-state index is -0.292. The van der Waals surface area contributed by atoms with E-state index in [1.165, 1.54) is 0 Å². The summed E-state index contributed by atoms with van der Waals surface area (Å²) < 4.78 is 4.85. The Labute approximate surface area is 143 Å². The number of nitrogens with two attached hydrogens (primary N) is 1. The van der Waals surface area contributed by atoms with E-state index in [1.807, 2.05) is 24.3 Å². The number of hydrogen-bond acceptors (Lipinski definition) is 4. The molecule has 6 nitrogen and oxygen atoms in total. The minimum Gasteiger partial charge on any atom is -0.466 e. The van der Waals surface area contributed by atoms with Crippen molar-refractivity contribution in [3.8, 4) is 0 Å². The number of nitrogen functional groups attached to an aromatic ring is 1. The molecule has 4 N–H and O–H groups in total. The molecule has 0 aliphatic heterocycles. The summed E-state index contributed by atoms with van der Waals surface area (Å²) in [5, 5.41) is 10.2. The summed E-state index contributed by atoms with van der Waals surface area (Å²) in [5.74, 6) is -0.270. The highest BCUT2D eigenvalue weighted by atomic mass is 16.5. The fraction of sp³-hybridized carbons (Fsp3) is 0.500. The van der Waals surface area contributed by atoms with Crippen LogP contribution in [0.4, 0.5) is 0 Å². The van der Waals surface area contributed by atoms with Crippen LogP contribution in [0.1, 0.15) is 50.7 Å². The Kier molecular flexibility index (Phi) is 8.54. The van der Waals surface area contributed by atoms with Gasteiger partial charge in [-0.1, -0.05) is 24.3 Å². The second-order valence-corrected chi connectivity index (χ2v) is 5.80. The van der Waals surface area contributed by atoms with Crippen LogP contribution in [-0.4, -0.2) is 30.4 Å². The van der Waals surface area contributed by atoms with Gasteiger partial charge in [0.1, 0.15) is 5.84 Å². The fourth-order valence-electron chi connectivity index (χ4n) is 2.33. The van der Waals surface area contributed by atoms with Gasteiger partial charge in [0.2, 0.25) is 5.91 Å². The van der Waals surface area contributed by atoms with Gasteiger partial charge in [-0.05, 0) is 38.7 Å². The van der Waals surface area contributed by atoms with Crippen molar-refractivity contribution in [1.82, 2.24) is 5.32 Å². The van der Waals surface area contributed by atoms with Crippen molar-refractivity contribution in [2.75, 3.05) is 6.61 Å². The molecule has 132 valence electrons. The van der Waals surface area contributed by atoms with E-state index in [1.54, 1.807) is 13.8 Å². The van der Waals surface area contributed by atoms with E-state index >= 15 is 0 Å². The average molecular weight is 333 g/mol. The van der Waals surface area contributed by atoms with Gasteiger partial charge in [-0.15, -0.1) is 0 Å². The molecule has 0 heterocycles. The van der Waals surface area contributed by atoms with Gasteiger partial charge < -0.3 is 15.8 Å². The molecule has 0 fully saturated rings. The summed E-state index contributed by atoms with van der Waals surface area (Å²) in [6, 6.07) is 7.37. The first kappa shape index (κ1) is 19.7. The van der Waals surface area contributed by atoms with Crippen molar-refractivity contribution >= 4 is 17.7 Å². The van der Waals surface area contributed by atoms with Crippen molar-refractivity contribution in [1.29, 1.82) is 5.41 Å². The third kappa shape index (κ3) is 7.76. The zero-order chi connectivity index (χ0) is 17.9. The van der Waals surface area contributed by atoms with E-state index in [9.17, 15) is 9.59 Å². The molecule has 1 rings (SSSR count). The highest BCUT2D eigenvalue weighted by Gasteiger charge is 2.12. The number of nitrogens with one attached hydrogen (secondary N) is 2. The van der Waals surface area contributed by atoms with Crippen LogP contribution in [0.25, 0.3) is 0 Å². The molecular weight excluding hydrogens is 306 g/mol. The van der Waals surface area contributed by atoms with Gasteiger partial charge in [-0.3, -0.25) is 15.0 Å². The maximum absolute atomic E-state index is 11.8. The zero-order valence-corrected chi connectivity index (χ0v) is 14.4. The molecule has 0 saturated carbocycles. The number of rotatable bonds is 10. The van der Waals surface area contributed by atoms with Gasteiger partial charge in [0.05, 0.1) is 13.0 Å². The summed E-state index contributed by atoms with van der Waals surface area (Å²) in [6.45, 7) is 3.91. The van der Waals surface area contributed by atoms with Crippen LogP contribution in [0.3, 0.4) is 0 Å². The molecular formula is C18H27N3O3. The molecule has 0 aliphatic rings. The highest BCUT2D eigenvalue weighted by molar-refractivity contribution is 5.94. The number of aryl methyl sites for hydroxylation is 1. The average Bonchev–Trinajstić information content (AvgIpc) is 2.52. The van der Waals surface area contributed by atoms with Crippen LogP contribution in [-0.2, 0) is 20.7 Å². The molecule has 0 saturated heterocycles. The van der Waals surface area contributed by atoms with Gasteiger partial charge in [0.25, 0.3) is 0 Å². The van der Waals surface area contributed by atoms with E-state index in [0.29, 0.717) is 18.6 Å². The van der Waals surface area contributed by atoms with Crippen LogP contribution in [0.5, 0.6) is 0 Å². The topological polar surface area (TPSA) is 105 Å². The summed E-state index contributed by atoms with van der Waals surface area (Å²) in [5.41, 5.74) is 7.29. The lowest BCUT2D eigenvalue weighted by Gasteiger charge is -2.13. The molecule has 0 spiro atoms. The Morgan fingerprint density at radius 1 is 1.25 bits per heavy atom. The SMILES string of the molecule is CCOC(=O)CC(C)NC(=O)CCCCc1ccc(C(=N)N)cc1. The first-order chi connectivity index (χ1) is 11.4. The largest absolute Gasteiger partial charge is 0.466 e. The highest BCUT2D eigenvalue weighted by Crippen LogP contribution is 2.09. The van der Waals surface area contributed by atoms with E-state index in [-0.39, 0.29) is 30.2 Å². The lowest BCUT2D eigenvalue weighted by molar-refractivity contribution is -0.143. The fourth-order valence-corrected chi connectivity index (χ4v) is 2.33. The Hall–Kier alpha value is -2.37. The maximum atomic E-state index is 11.8. The maximum Gasteiger partial charge on any atom is 0.307 e. The normalized spacial score (nSPS) is 11.6. The number of hydrogen-bond donors (Lipinski definition) is 3. The first-order valence-corrected chi connectivity index (χ1v) is 8.30. The predicted molar refractivity (Wildman–Crippen MR) is 93.9 cm³/mol. The Morgan fingerprint density at radius 2 is 1.92 bits per heavy atom. The second kappa shape index (κ2) is 10.4. The lowest BCUT2D eigenvalue weighted by Crippen LogP contribution is -2.34. The summed E-state index contributed by atoms with van der Waals surface area (Å²) in [6.07, 6.45) is 3.20. The third-order valence-corrected chi connectivity index (χ3v) is 3.57. The standard InChI is InChI=1S/C18H27N3O3/c1-3-24-17(23)12-13(2)21-16(22)7-5-4-6-14-8-10-15(11-9-14)18(19)20/h8-11,13H,3-7,12H2,1-2H3,(H3,19,20)(H,21,22). The van der Waals surface area contributed by atoms with Crippen molar-refractivity contribution in [3.05, 3.63) is 35.4 Å². The summed E-state index contributed by atoms with van der Waals surface area (Å²) >= 11 is 0. The molecule has 24 heavy (non-hydrogen) atoms. The summed E-state index contributed by atoms with van der Waals surface area (Å²) in [4.78, 5) is 23.1. The smallest absolute Gasteiger partial charge is 0.307 e. The summed E-state index contributed by atoms with van der Waals surface area (Å²) in [7, 11) is 0. The molecule has 1 atom stereocenters. The molecule has 0 radical (unpaired) electrons. The molecule has 1 unspecified atom stereocenters. The van der Waals surface area contributed by atoms with Crippen LogP contribution >= 0.6 is 0 Å². The van der Waals surface area contributed by atoms with Crippen LogP contribution < -0.4 is 11.1 Å². The quantitative estimate of drug-likeness (QED) is 0.264. The monoisotopic (exact) mass is 333 g/mol. The molecule has 1 aromatic carbocycles. The van der Waals surface area contributed by atoms with Gasteiger partial charge in [-0.2, -0.15) is 0 Å². The van der Waals surface area contributed by atoms with Crippen LogP contribution in [0.2, 0.25) is 0 Å². The van der Waals surface area contributed by atoms with Crippen LogP contribution in [0.15, 0.2) is 24.3 Å². The molecule has 1 aromatic rings. The number of carbonyl (C=O) groups excluding carboxylic acids is 2. The number of esters is 1. The molecule has 0 bridgehead atoms. The van der Waals surface area contributed by atoms with Gasteiger partial charge in [0.15, 0.2) is 0 Å². The number of carbonyl (C=O) groups is 2. The number of unbranched alkanes of at least 4 members (excludes halogenated alkanes) is 1.